The summed E-state index contributed by atoms with van der Waals surface area (Å²) in [5.41, 5.74) is 1.07. The molecule has 0 radical (unpaired) electrons. The van der Waals surface area contributed by atoms with Gasteiger partial charge in [-0.1, -0.05) is 30.7 Å². The Morgan fingerprint density at radius 3 is 2.59 bits per heavy atom. The number of hydrogen-bond acceptors (Lipinski definition) is 4. The molecule has 6 nitrogen and oxygen atoms in total. The average molecular weight is 368 g/mol. The van der Waals surface area contributed by atoms with Gasteiger partial charge < -0.3 is 15.1 Å². The summed E-state index contributed by atoms with van der Waals surface area (Å²) in [6.07, 6.45) is 0.300. The molecule has 3 N–H and O–H groups in total. The van der Waals surface area contributed by atoms with E-state index in [1.54, 1.807) is 19.1 Å². The Bertz CT molecular complexity index is 522. The van der Waals surface area contributed by atoms with E-state index in [1.807, 2.05) is 12.1 Å². The van der Waals surface area contributed by atoms with Crippen LogP contribution in [0.15, 0.2) is 24.3 Å². The average Bonchev–Trinajstić information content (AvgIpc) is 2.45. The first kappa shape index (κ1) is 19.5. The number of phosphoric acid groups is 1. The molecule has 0 aromatic heterocycles. The number of benzene rings is 1. The normalized spacial score (nSPS) is 12.9. The van der Waals surface area contributed by atoms with Crippen molar-refractivity contribution in [3.05, 3.63) is 34.9 Å². The molecular formula is C13H19ClNO5PS. The Kier molecular flexibility index (Phi) is 8.46. The molecule has 0 saturated carbocycles. The first-order valence-corrected chi connectivity index (χ1v) is 9.68. The van der Waals surface area contributed by atoms with Gasteiger partial charge in [0.15, 0.2) is 0 Å². The molecule has 0 bridgehead atoms. The van der Waals surface area contributed by atoms with Crippen molar-refractivity contribution in [3.63, 3.8) is 0 Å². The lowest BCUT2D eigenvalue weighted by atomic mass is 10.2. The standard InChI is InChI=1S/C13H19ClNO5PS/c1-2-13(16)15-12(7-20-21(17,18)19)9-22-8-10-3-5-11(14)6-4-10/h3-6,12H,2,7-9H2,1H3,(H,15,16)(H2,17,18,19). The highest BCUT2D eigenvalue weighted by atomic mass is 35.5. The lowest BCUT2D eigenvalue weighted by Gasteiger charge is -2.18. The van der Waals surface area contributed by atoms with Crippen molar-refractivity contribution in [2.75, 3.05) is 12.4 Å². The number of carbonyl (C=O) groups is 1. The summed E-state index contributed by atoms with van der Waals surface area (Å²) < 4.78 is 15.2. The van der Waals surface area contributed by atoms with E-state index >= 15 is 0 Å². The monoisotopic (exact) mass is 367 g/mol. The van der Waals surface area contributed by atoms with Gasteiger partial charge in [-0.05, 0) is 17.7 Å². The first-order valence-electron chi connectivity index (χ1n) is 6.62. The molecule has 1 atom stereocenters. The van der Waals surface area contributed by atoms with Crippen molar-refractivity contribution in [3.8, 4) is 0 Å². The molecule has 0 spiro atoms. The van der Waals surface area contributed by atoms with Crippen molar-refractivity contribution >= 4 is 37.1 Å². The van der Waals surface area contributed by atoms with Crippen LogP contribution in [-0.2, 0) is 19.6 Å². The molecule has 0 aliphatic heterocycles. The van der Waals surface area contributed by atoms with E-state index < -0.39 is 13.9 Å². The lowest BCUT2D eigenvalue weighted by Crippen LogP contribution is -2.39. The lowest BCUT2D eigenvalue weighted by molar-refractivity contribution is -0.121. The van der Waals surface area contributed by atoms with Gasteiger partial charge in [-0.25, -0.2) is 4.57 Å². The molecule has 0 fully saturated rings. The van der Waals surface area contributed by atoms with Crippen LogP contribution in [0.5, 0.6) is 0 Å². The van der Waals surface area contributed by atoms with Gasteiger partial charge in [0.25, 0.3) is 0 Å². The van der Waals surface area contributed by atoms with Crippen molar-refractivity contribution in [1.29, 1.82) is 0 Å². The molecule has 0 aliphatic rings. The zero-order chi connectivity index (χ0) is 16.6. The molecule has 1 aromatic carbocycles. The summed E-state index contributed by atoms with van der Waals surface area (Å²) in [6.45, 7) is 1.47. The van der Waals surface area contributed by atoms with Crippen LogP contribution in [0, 0.1) is 0 Å². The van der Waals surface area contributed by atoms with Gasteiger partial charge in [0.1, 0.15) is 0 Å². The van der Waals surface area contributed by atoms with Gasteiger partial charge in [-0.15, -0.1) is 0 Å². The Hall–Kier alpha value is -0.560. The summed E-state index contributed by atoms with van der Waals surface area (Å²) >= 11 is 7.34. The van der Waals surface area contributed by atoms with Crippen LogP contribution in [0.1, 0.15) is 18.9 Å². The van der Waals surface area contributed by atoms with Gasteiger partial charge in [0, 0.05) is 22.9 Å². The van der Waals surface area contributed by atoms with Crippen LogP contribution in [-0.4, -0.2) is 34.1 Å². The van der Waals surface area contributed by atoms with Gasteiger partial charge >= 0.3 is 7.82 Å². The molecule has 0 saturated heterocycles. The number of carbonyl (C=O) groups excluding carboxylic acids is 1. The number of halogens is 1. The fourth-order valence-electron chi connectivity index (χ4n) is 1.55. The quantitative estimate of drug-likeness (QED) is 0.580. The molecular weight excluding hydrogens is 349 g/mol. The predicted octanol–water partition coefficient (Wildman–Crippen LogP) is 2.58. The molecule has 124 valence electrons. The van der Waals surface area contributed by atoms with Gasteiger partial charge in [0.2, 0.25) is 5.91 Å². The highest BCUT2D eigenvalue weighted by Gasteiger charge is 2.19. The Morgan fingerprint density at radius 1 is 1.41 bits per heavy atom. The molecule has 1 rings (SSSR count). The van der Waals surface area contributed by atoms with Gasteiger partial charge in [-0.3, -0.25) is 9.32 Å². The Morgan fingerprint density at radius 2 is 2.05 bits per heavy atom. The van der Waals surface area contributed by atoms with Crippen molar-refractivity contribution in [2.45, 2.75) is 25.1 Å². The van der Waals surface area contributed by atoms with Crippen LogP contribution in [0.3, 0.4) is 0 Å². The SMILES string of the molecule is CCC(=O)NC(COP(=O)(O)O)CSCc1ccc(Cl)cc1. The third kappa shape index (κ3) is 8.78. The van der Waals surface area contributed by atoms with Crippen molar-refractivity contribution in [2.24, 2.45) is 0 Å². The van der Waals surface area contributed by atoms with Crippen LogP contribution >= 0.6 is 31.2 Å². The topological polar surface area (TPSA) is 95.9 Å². The minimum Gasteiger partial charge on any atom is -0.350 e. The second kappa shape index (κ2) is 9.55. The summed E-state index contributed by atoms with van der Waals surface area (Å²) in [5.74, 6) is 0.992. The summed E-state index contributed by atoms with van der Waals surface area (Å²) in [4.78, 5) is 28.9. The number of rotatable bonds is 9. The zero-order valence-corrected chi connectivity index (χ0v) is 14.5. The molecule has 0 aliphatic carbocycles. The second-order valence-corrected chi connectivity index (χ2v) is 7.25. The maximum Gasteiger partial charge on any atom is 0.469 e. The summed E-state index contributed by atoms with van der Waals surface area (Å²) in [5, 5.41) is 3.35. The van der Waals surface area contributed by atoms with E-state index in [-0.39, 0.29) is 12.5 Å². The second-order valence-electron chi connectivity index (χ2n) is 4.55. The predicted molar refractivity (Wildman–Crippen MR) is 87.8 cm³/mol. The van der Waals surface area contributed by atoms with E-state index in [4.69, 9.17) is 21.4 Å². The molecule has 1 amide bonds. The summed E-state index contributed by atoms with van der Waals surface area (Å²) in [7, 11) is -4.54. The number of nitrogens with one attached hydrogen (secondary N) is 1. The maximum atomic E-state index is 11.4. The highest BCUT2D eigenvalue weighted by Crippen LogP contribution is 2.35. The van der Waals surface area contributed by atoms with Crippen molar-refractivity contribution < 1.29 is 23.7 Å². The third-order valence-electron chi connectivity index (χ3n) is 2.63. The molecule has 9 heteroatoms. The zero-order valence-electron chi connectivity index (χ0n) is 12.1. The number of thioether (sulfide) groups is 1. The van der Waals surface area contributed by atoms with Gasteiger partial charge in [0.05, 0.1) is 12.6 Å². The van der Waals surface area contributed by atoms with Gasteiger partial charge in [-0.2, -0.15) is 11.8 Å². The van der Waals surface area contributed by atoms with Crippen molar-refractivity contribution in [1.82, 2.24) is 5.32 Å². The fourth-order valence-corrected chi connectivity index (χ4v) is 3.06. The number of phosphoric ester groups is 1. The Labute approximate surface area is 138 Å². The van der Waals surface area contributed by atoms with E-state index in [0.717, 1.165) is 5.56 Å². The number of amides is 1. The van der Waals surface area contributed by atoms with Crippen LogP contribution < -0.4 is 5.32 Å². The maximum absolute atomic E-state index is 11.4. The fraction of sp³-hybridized carbons (Fsp3) is 0.462. The Balaban J connectivity index is 2.46. The van der Waals surface area contributed by atoms with E-state index in [0.29, 0.717) is 22.9 Å². The molecule has 1 aromatic rings. The third-order valence-corrected chi connectivity index (χ3v) is 4.54. The smallest absolute Gasteiger partial charge is 0.350 e. The van der Waals surface area contributed by atoms with E-state index in [9.17, 15) is 9.36 Å². The largest absolute Gasteiger partial charge is 0.469 e. The van der Waals surface area contributed by atoms with Crippen LogP contribution in [0.25, 0.3) is 0 Å². The summed E-state index contributed by atoms with van der Waals surface area (Å²) in [6, 6.07) is 6.94. The van der Waals surface area contributed by atoms with E-state index in [1.165, 1.54) is 11.8 Å². The molecule has 1 unspecified atom stereocenters. The minimum absolute atomic E-state index is 0.189. The first-order chi connectivity index (χ1) is 10.3. The van der Waals surface area contributed by atoms with Crippen LogP contribution in [0.4, 0.5) is 0 Å². The van der Waals surface area contributed by atoms with Crippen LogP contribution in [0.2, 0.25) is 5.02 Å². The van der Waals surface area contributed by atoms with E-state index in [2.05, 4.69) is 9.84 Å². The highest BCUT2D eigenvalue weighted by molar-refractivity contribution is 7.98. The number of hydrogen-bond donors (Lipinski definition) is 3. The minimum atomic E-state index is -4.54. The molecule has 22 heavy (non-hydrogen) atoms. The molecule has 0 heterocycles.